The lowest BCUT2D eigenvalue weighted by molar-refractivity contribution is -0.137. The van der Waals surface area contributed by atoms with Crippen molar-refractivity contribution in [2.45, 2.75) is 64.1 Å². The molecule has 0 spiro atoms. The number of hydrogen-bond acceptors (Lipinski definition) is 3. The van der Waals surface area contributed by atoms with Gasteiger partial charge in [0.15, 0.2) is 0 Å². The van der Waals surface area contributed by atoms with Gasteiger partial charge in [-0.1, -0.05) is 6.07 Å². The number of hydrogen-bond donors (Lipinski definition) is 2. The number of carbonyl (C=O) groups excluding carboxylic acids is 2. The summed E-state index contributed by atoms with van der Waals surface area (Å²) in [5, 5.41) is 3.85. The summed E-state index contributed by atoms with van der Waals surface area (Å²) in [6, 6.07) is 11.2. The van der Waals surface area contributed by atoms with Gasteiger partial charge in [0.1, 0.15) is 5.60 Å². The molecule has 4 rings (SSSR count). The molecule has 3 aromatic rings. The molecule has 0 saturated carbocycles. The highest BCUT2D eigenvalue weighted by Crippen LogP contribution is 2.37. The normalized spacial score (nSPS) is 15.1. The van der Waals surface area contributed by atoms with E-state index in [1.165, 1.54) is 12.1 Å². The second-order valence-corrected chi connectivity index (χ2v) is 10.5. The third kappa shape index (κ3) is 6.84. The minimum absolute atomic E-state index is 0.139. The molecule has 2 aromatic carbocycles. The number of aromatic nitrogens is 1. The third-order valence-electron chi connectivity index (χ3n) is 6.52. The topological polar surface area (TPSA) is 74.4 Å². The predicted molar refractivity (Wildman–Crippen MR) is 136 cm³/mol. The molecule has 2 N–H and O–H groups in total. The van der Waals surface area contributed by atoms with E-state index in [2.05, 4.69) is 10.3 Å². The van der Waals surface area contributed by atoms with E-state index in [-0.39, 0.29) is 18.2 Å². The summed E-state index contributed by atoms with van der Waals surface area (Å²) >= 11 is 0. The first-order valence-corrected chi connectivity index (χ1v) is 12.4. The number of likely N-dealkylation sites (tertiary alicyclic amines) is 1. The number of ether oxygens (including phenoxy) is 1. The van der Waals surface area contributed by atoms with Gasteiger partial charge in [0.05, 0.1) is 5.56 Å². The van der Waals surface area contributed by atoms with Crippen molar-refractivity contribution in [1.29, 1.82) is 0 Å². The van der Waals surface area contributed by atoms with Gasteiger partial charge in [-0.2, -0.15) is 13.2 Å². The van der Waals surface area contributed by atoms with Crippen molar-refractivity contribution in [2.75, 3.05) is 18.4 Å². The van der Waals surface area contributed by atoms with E-state index in [0.29, 0.717) is 43.6 Å². The number of rotatable bonds is 5. The molecule has 1 aliphatic rings. The molecule has 9 heteroatoms. The summed E-state index contributed by atoms with van der Waals surface area (Å²) in [6.07, 6.45) is -1.55. The van der Waals surface area contributed by atoms with E-state index < -0.39 is 23.4 Å². The molecule has 0 aliphatic carbocycles. The maximum atomic E-state index is 13.5. The van der Waals surface area contributed by atoms with Crippen LogP contribution in [-0.2, 0) is 22.1 Å². The average Bonchev–Trinajstić information content (AvgIpc) is 3.29. The van der Waals surface area contributed by atoms with Crippen molar-refractivity contribution < 1.29 is 27.5 Å². The van der Waals surface area contributed by atoms with Gasteiger partial charge < -0.3 is 19.9 Å². The van der Waals surface area contributed by atoms with E-state index in [4.69, 9.17) is 4.74 Å². The predicted octanol–water partition coefficient (Wildman–Crippen LogP) is 6.87. The van der Waals surface area contributed by atoms with E-state index in [1.54, 1.807) is 31.7 Å². The van der Waals surface area contributed by atoms with Crippen molar-refractivity contribution in [3.05, 3.63) is 65.4 Å². The number of aromatic amines is 1. The summed E-state index contributed by atoms with van der Waals surface area (Å²) in [5.74, 6) is -0.351. The largest absolute Gasteiger partial charge is 0.444 e. The molecular weight excluding hydrogens is 483 g/mol. The number of benzene rings is 2. The monoisotopic (exact) mass is 515 g/mol. The molecule has 0 radical (unpaired) electrons. The Morgan fingerprint density at radius 2 is 1.78 bits per heavy atom. The summed E-state index contributed by atoms with van der Waals surface area (Å²) in [7, 11) is 0. The second kappa shape index (κ2) is 10.5. The highest BCUT2D eigenvalue weighted by Gasteiger charge is 2.33. The van der Waals surface area contributed by atoms with Crippen LogP contribution in [0, 0.1) is 0 Å². The second-order valence-electron chi connectivity index (χ2n) is 10.5. The molecule has 37 heavy (non-hydrogen) atoms. The summed E-state index contributed by atoms with van der Waals surface area (Å²) in [6.45, 7) is 6.18. The number of nitrogens with one attached hydrogen (secondary N) is 2. The smallest absolute Gasteiger partial charge is 0.416 e. The fraction of sp³-hybridized carbons (Fsp3) is 0.429. The molecule has 198 valence electrons. The van der Waals surface area contributed by atoms with Gasteiger partial charge in [0.2, 0.25) is 5.91 Å². The maximum Gasteiger partial charge on any atom is 0.416 e. The van der Waals surface area contributed by atoms with Crippen LogP contribution < -0.4 is 5.32 Å². The number of aryl methyl sites for hydroxylation is 1. The minimum atomic E-state index is -4.46. The highest BCUT2D eigenvalue weighted by atomic mass is 19.4. The molecule has 2 amide bonds. The van der Waals surface area contributed by atoms with Crippen LogP contribution in [0.2, 0.25) is 0 Å². The number of carbonyl (C=O) groups is 2. The lowest BCUT2D eigenvalue weighted by atomic mass is 9.84. The molecule has 6 nitrogen and oxygen atoms in total. The maximum absolute atomic E-state index is 13.5. The minimum Gasteiger partial charge on any atom is -0.444 e. The first-order valence-electron chi connectivity index (χ1n) is 12.4. The fourth-order valence-electron chi connectivity index (χ4n) is 4.68. The van der Waals surface area contributed by atoms with Crippen molar-refractivity contribution >= 4 is 28.6 Å². The van der Waals surface area contributed by atoms with Gasteiger partial charge >= 0.3 is 12.3 Å². The lowest BCUT2D eigenvalue weighted by Crippen LogP contribution is -2.41. The van der Waals surface area contributed by atoms with Crippen molar-refractivity contribution in [1.82, 2.24) is 9.88 Å². The van der Waals surface area contributed by atoms with Crippen LogP contribution in [0.15, 0.2) is 48.7 Å². The Balaban J connectivity index is 1.44. The fourth-order valence-corrected chi connectivity index (χ4v) is 4.68. The SMILES string of the molecule is CC(C)(C)OC(=O)N1CCC(c2cc(C(F)(F)F)ccc2CCC(=O)Nc2ccc3[nH]ccc3c2)CC1. The van der Waals surface area contributed by atoms with Crippen LogP contribution in [0.25, 0.3) is 10.9 Å². The summed E-state index contributed by atoms with van der Waals surface area (Å²) < 4.78 is 45.9. The number of nitrogens with zero attached hydrogens (tertiary/aromatic N) is 1. The Morgan fingerprint density at radius 3 is 2.46 bits per heavy atom. The number of H-pyrrole nitrogens is 1. The highest BCUT2D eigenvalue weighted by molar-refractivity contribution is 5.93. The van der Waals surface area contributed by atoms with E-state index in [0.717, 1.165) is 22.5 Å². The molecule has 0 unspecified atom stereocenters. The quantitative estimate of drug-likeness (QED) is 0.389. The first kappa shape index (κ1) is 26.6. The molecule has 1 saturated heterocycles. The van der Waals surface area contributed by atoms with E-state index >= 15 is 0 Å². The number of halogens is 3. The zero-order valence-corrected chi connectivity index (χ0v) is 21.2. The lowest BCUT2D eigenvalue weighted by Gasteiger charge is -2.34. The molecule has 1 aliphatic heterocycles. The van der Waals surface area contributed by atoms with Gasteiger partial charge in [-0.3, -0.25) is 4.79 Å². The number of anilines is 1. The van der Waals surface area contributed by atoms with Crippen LogP contribution in [0.5, 0.6) is 0 Å². The van der Waals surface area contributed by atoms with Crippen LogP contribution in [0.1, 0.15) is 62.6 Å². The first-order chi connectivity index (χ1) is 17.4. The van der Waals surface area contributed by atoms with Gasteiger partial charge in [-0.15, -0.1) is 0 Å². The van der Waals surface area contributed by atoms with Crippen molar-refractivity contribution in [2.24, 2.45) is 0 Å². The molecule has 0 bridgehead atoms. The van der Waals surface area contributed by atoms with E-state index in [1.807, 2.05) is 24.4 Å². The number of fused-ring (bicyclic) bond motifs is 1. The zero-order valence-electron chi connectivity index (χ0n) is 21.2. The van der Waals surface area contributed by atoms with Crippen LogP contribution in [0.3, 0.4) is 0 Å². The Labute approximate surface area is 214 Å². The third-order valence-corrected chi connectivity index (χ3v) is 6.52. The Bertz CT molecular complexity index is 1270. The summed E-state index contributed by atoms with van der Waals surface area (Å²) in [5.41, 5.74) is 1.63. The van der Waals surface area contributed by atoms with Gasteiger partial charge in [-0.25, -0.2) is 4.79 Å². The molecule has 2 heterocycles. The van der Waals surface area contributed by atoms with E-state index in [9.17, 15) is 22.8 Å². The molecule has 1 aromatic heterocycles. The van der Waals surface area contributed by atoms with Crippen LogP contribution in [0.4, 0.5) is 23.7 Å². The van der Waals surface area contributed by atoms with Crippen molar-refractivity contribution in [3.63, 3.8) is 0 Å². The van der Waals surface area contributed by atoms with Crippen LogP contribution >= 0.6 is 0 Å². The Morgan fingerprint density at radius 1 is 1.05 bits per heavy atom. The van der Waals surface area contributed by atoms with Crippen molar-refractivity contribution in [3.8, 4) is 0 Å². The van der Waals surface area contributed by atoms with Gasteiger partial charge in [-0.05, 0) is 93.5 Å². The Kier molecular flexibility index (Phi) is 7.52. The standard InChI is InChI=1S/C28H32F3N3O3/c1-27(2,3)37-26(36)34-14-11-19(12-15-34)23-17-21(28(29,30)31)6-4-18(23)5-9-25(35)33-22-7-8-24-20(16-22)10-13-32-24/h4,6-8,10,13,16-17,19,32H,5,9,11-12,14-15H2,1-3H3,(H,33,35). The molecule has 1 fully saturated rings. The zero-order chi connectivity index (χ0) is 26.8. The number of amides is 2. The summed E-state index contributed by atoms with van der Waals surface area (Å²) in [4.78, 5) is 29.7. The van der Waals surface area contributed by atoms with Gasteiger partial charge in [0, 0.05) is 42.3 Å². The molecule has 0 atom stereocenters. The number of alkyl halides is 3. The molecular formula is C28H32F3N3O3. The Hall–Kier alpha value is -3.49. The number of piperidine rings is 1. The average molecular weight is 516 g/mol. The van der Waals surface area contributed by atoms with Crippen LogP contribution in [-0.4, -0.2) is 40.6 Å². The van der Waals surface area contributed by atoms with Gasteiger partial charge in [0.25, 0.3) is 0 Å².